The molecule has 1 unspecified atom stereocenters. The van der Waals surface area contributed by atoms with Crippen molar-refractivity contribution in [1.82, 2.24) is 0 Å². The van der Waals surface area contributed by atoms with Crippen molar-refractivity contribution in [3.05, 3.63) is 64.7 Å². The standard InChI is InChI=1S/C23H28O5S/c1-2-13-6-8-14(9-7-13)10-15-4-3-5-16-11-18(29-23(15)16)22-21(27)20(26)19(25)17(12-24)28-22/h3-9,17-22,24-27H,2,10-12H2,1H3/t17-,18?,19-,20+,21-,22+/m1/s1. The highest BCUT2D eigenvalue weighted by molar-refractivity contribution is 8.00. The summed E-state index contributed by atoms with van der Waals surface area (Å²) in [4.78, 5) is 1.20. The Balaban J connectivity index is 1.53. The third kappa shape index (κ3) is 4.10. The molecule has 2 aliphatic heterocycles. The summed E-state index contributed by atoms with van der Waals surface area (Å²) in [5.41, 5.74) is 5.03. The second kappa shape index (κ2) is 8.76. The first-order chi connectivity index (χ1) is 14.0. The maximum absolute atomic E-state index is 10.5. The van der Waals surface area contributed by atoms with Crippen molar-refractivity contribution in [2.75, 3.05) is 6.61 Å². The third-order valence-corrected chi connectivity index (χ3v) is 7.49. The lowest BCUT2D eigenvalue weighted by Gasteiger charge is -2.42. The van der Waals surface area contributed by atoms with Crippen LogP contribution in [0.4, 0.5) is 0 Å². The first-order valence-corrected chi connectivity index (χ1v) is 11.1. The van der Waals surface area contributed by atoms with Gasteiger partial charge in [-0.3, -0.25) is 0 Å². The summed E-state index contributed by atoms with van der Waals surface area (Å²) in [5.74, 6) is 0. The minimum Gasteiger partial charge on any atom is -0.394 e. The van der Waals surface area contributed by atoms with Crippen LogP contribution in [0.1, 0.15) is 29.2 Å². The number of aliphatic hydroxyl groups excluding tert-OH is 4. The number of rotatable bonds is 5. The quantitative estimate of drug-likeness (QED) is 0.593. The van der Waals surface area contributed by atoms with Crippen molar-refractivity contribution < 1.29 is 25.2 Å². The smallest absolute Gasteiger partial charge is 0.111 e. The van der Waals surface area contributed by atoms with Gasteiger partial charge in [-0.1, -0.05) is 49.4 Å². The number of aliphatic hydroxyl groups is 4. The number of thioether (sulfide) groups is 1. The zero-order chi connectivity index (χ0) is 20.5. The number of hydrogen-bond acceptors (Lipinski definition) is 6. The molecule has 0 aromatic heterocycles. The Morgan fingerprint density at radius 2 is 1.69 bits per heavy atom. The molecule has 6 heteroatoms. The predicted octanol–water partition coefficient (Wildman–Crippen LogP) is 1.70. The van der Waals surface area contributed by atoms with E-state index in [1.165, 1.54) is 27.1 Å². The Morgan fingerprint density at radius 1 is 0.966 bits per heavy atom. The van der Waals surface area contributed by atoms with E-state index >= 15 is 0 Å². The Kier molecular flexibility index (Phi) is 6.30. The fourth-order valence-electron chi connectivity index (χ4n) is 4.23. The van der Waals surface area contributed by atoms with Gasteiger partial charge in [-0.25, -0.2) is 0 Å². The SMILES string of the molecule is CCc1ccc(Cc2cccc3c2SC([C@@H]2O[C@H](CO)[C@@H](O)[C@H](O)[C@H]2O)C3)cc1. The van der Waals surface area contributed by atoms with E-state index in [2.05, 4.69) is 49.4 Å². The predicted molar refractivity (Wildman–Crippen MR) is 112 cm³/mol. The molecule has 4 N–H and O–H groups in total. The topological polar surface area (TPSA) is 90.2 Å². The summed E-state index contributed by atoms with van der Waals surface area (Å²) in [6.07, 6.45) is -2.78. The van der Waals surface area contributed by atoms with Gasteiger partial charge in [-0.2, -0.15) is 0 Å². The molecule has 0 saturated carbocycles. The molecular formula is C23H28O5S. The number of hydrogen-bond donors (Lipinski definition) is 4. The van der Waals surface area contributed by atoms with E-state index in [9.17, 15) is 20.4 Å². The van der Waals surface area contributed by atoms with Crippen molar-refractivity contribution >= 4 is 11.8 Å². The van der Waals surface area contributed by atoms with Crippen LogP contribution in [0.25, 0.3) is 0 Å². The van der Waals surface area contributed by atoms with Crippen molar-refractivity contribution in [2.45, 2.75) is 66.9 Å². The van der Waals surface area contributed by atoms with Crippen LogP contribution in [0.5, 0.6) is 0 Å². The minimum absolute atomic E-state index is 0.0835. The maximum Gasteiger partial charge on any atom is 0.111 e. The van der Waals surface area contributed by atoms with Crippen LogP contribution in [-0.2, 0) is 24.0 Å². The largest absolute Gasteiger partial charge is 0.394 e. The molecule has 0 spiro atoms. The molecule has 5 nitrogen and oxygen atoms in total. The Morgan fingerprint density at radius 3 is 2.38 bits per heavy atom. The molecule has 6 atom stereocenters. The van der Waals surface area contributed by atoms with Crippen molar-refractivity contribution in [3.8, 4) is 0 Å². The van der Waals surface area contributed by atoms with Gasteiger partial charge in [0.25, 0.3) is 0 Å². The monoisotopic (exact) mass is 416 g/mol. The lowest BCUT2D eigenvalue weighted by molar-refractivity contribution is -0.228. The van der Waals surface area contributed by atoms with Crippen LogP contribution in [0.15, 0.2) is 47.4 Å². The Labute approximate surface area is 175 Å². The van der Waals surface area contributed by atoms with Gasteiger partial charge in [0.2, 0.25) is 0 Å². The van der Waals surface area contributed by atoms with Gasteiger partial charge < -0.3 is 25.2 Å². The molecule has 156 valence electrons. The molecule has 0 amide bonds. The summed E-state index contributed by atoms with van der Waals surface area (Å²) in [6, 6.07) is 15.0. The third-order valence-electron chi connectivity index (χ3n) is 5.99. The minimum atomic E-state index is -1.33. The zero-order valence-electron chi connectivity index (χ0n) is 16.4. The van der Waals surface area contributed by atoms with Gasteiger partial charge >= 0.3 is 0 Å². The lowest BCUT2D eigenvalue weighted by Crippen LogP contribution is -2.60. The van der Waals surface area contributed by atoms with Crippen LogP contribution >= 0.6 is 11.8 Å². The van der Waals surface area contributed by atoms with E-state index in [0.717, 1.165) is 12.8 Å². The van der Waals surface area contributed by atoms with Gasteiger partial charge in [0.15, 0.2) is 0 Å². The summed E-state index contributed by atoms with van der Waals surface area (Å²) < 4.78 is 5.80. The molecule has 2 aromatic rings. The van der Waals surface area contributed by atoms with E-state index in [1.54, 1.807) is 11.8 Å². The number of benzene rings is 2. The highest BCUT2D eigenvalue weighted by Crippen LogP contribution is 2.44. The molecule has 2 aliphatic rings. The van der Waals surface area contributed by atoms with Crippen molar-refractivity contribution in [3.63, 3.8) is 0 Å². The number of fused-ring (bicyclic) bond motifs is 1. The molecular weight excluding hydrogens is 388 g/mol. The molecule has 0 bridgehead atoms. The summed E-state index contributed by atoms with van der Waals surface area (Å²) in [7, 11) is 0. The highest BCUT2D eigenvalue weighted by atomic mass is 32.2. The number of ether oxygens (including phenoxy) is 1. The summed E-state index contributed by atoms with van der Waals surface area (Å²) >= 11 is 1.66. The second-order valence-corrected chi connectivity index (χ2v) is 9.16. The van der Waals surface area contributed by atoms with Gasteiger partial charge in [0, 0.05) is 10.1 Å². The highest BCUT2D eigenvalue weighted by Gasteiger charge is 2.47. The van der Waals surface area contributed by atoms with E-state index in [4.69, 9.17) is 4.74 Å². The Bertz CT molecular complexity index is 838. The number of aryl methyl sites for hydroxylation is 1. The van der Waals surface area contributed by atoms with E-state index in [-0.39, 0.29) is 5.25 Å². The van der Waals surface area contributed by atoms with Gasteiger partial charge in [0.05, 0.1) is 12.7 Å². The van der Waals surface area contributed by atoms with Crippen LogP contribution < -0.4 is 0 Å². The summed E-state index contributed by atoms with van der Waals surface area (Å²) in [5, 5.41) is 40.0. The average Bonchev–Trinajstić information content (AvgIpc) is 3.18. The van der Waals surface area contributed by atoms with Crippen molar-refractivity contribution in [2.24, 2.45) is 0 Å². The molecule has 0 aliphatic carbocycles. The van der Waals surface area contributed by atoms with Crippen molar-refractivity contribution in [1.29, 1.82) is 0 Å². The van der Waals surface area contributed by atoms with E-state index in [0.29, 0.717) is 6.42 Å². The van der Waals surface area contributed by atoms with Crippen LogP contribution in [-0.4, -0.2) is 62.8 Å². The van der Waals surface area contributed by atoms with E-state index < -0.39 is 37.1 Å². The van der Waals surface area contributed by atoms with Crippen LogP contribution in [0.2, 0.25) is 0 Å². The van der Waals surface area contributed by atoms with Crippen LogP contribution in [0, 0.1) is 0 Å². The maximum atomic E-state index is 10.5. The fraction of sp³-hybridized carbons (Fsp3) is 0.478. The van der Waals surface area contributed by atoms with Gasteiger partial charge in [-0.15, -0.1) is 11.8 Å². The Hall–Kier alpha value is -1.41. The van der Waals surface area contributed by atoms with E-state index in [1.807, 2.05) is 0 Å². The lowest BCUT2D eigenvalue weighted by atomic mass is 9.91. The van der Waals surface area contributed by atoms with Gasteiger partial charge in [-0.05, 0) is 41.5 Å². The van der Waals surface area contributed by atoms with Gasteiger partial charge in [0.1, 0.15) is 24.4 Å². The molecule has 29 heavy (non-hydrogen) atoms. The molecule has 2 heterocycles. The summed E-state index contributed by atoms with van der Waals surface area (Å²) in [6.45, 7) is 1.75. The van der Waals surface area contributed by atoms with Crippen LogP contribution in [0.3, 0.4) is 0 Å². The average molecular weight is 417 g/mol. The second-order valence-electron chi connectivity index (χ2n) is 7.91. The molecule has 1 fully saturated rings. The normalized spacial score (nSPS) is 31.6. The first kappa shape index (κ1) is 20.8. The fourth-order valence-corrected chi connectivity index (χ4v) is 5.75. The molecule has 4 rings (SSSR count). The first-order valence-electron chi connectivity index (χ1n) is 10.2. The molecule has 1 saturated heterocycles. The molecule has 0 radical (unpaired) electrons. The zero-order valence-corrected chi connectivity index (χ0v) is 17.3. The molecule has 2 aromatic carbocycles.